The average Bonchev–Trinajstić information content (AvgIpc) is 2.36. The Morgan fingerprint density at radius 1 is 1.11 bits per heavy atom. The van der Waals surface area contributed by atoms with Gasteiger partial charge in [-0.15, -0.1) is 0 Å². The van der Waals surface area contributed by atoms with Gasteiger partial charge in [0.15, 0.2) is 0 Å². The van der Waals surface area contributed by atoms with Crippen LogP contribution in [0.2, 0.25) is 0 Å². The maximum atomic E-state index is 12.2. The Labute approximate surface area is 108 Å². The van der Waals surface area contributed by atoms with Gasteiger partial charge in [-0.05, 0) is 44.4 Å². The minimum atomic E-state index is 0.124. The van der Waals surface area contributed by atoms with Gasteiger partial charge in [0.25, 0.3) is 5.56 Å². The summed E-state index contributed by atoms with van der Waals surface area (Å²) in [5.41, 5.74) is 3.33. The Morgan fingerprint density at radius 3 is 2.39 bits per heavy atom. The highest BCUT2D eigenvalue weighted by atomic mass is 16.1. The number of rotatable bonds is 3. The number of aromatic nitrogens is 1. The fourth-order valence-electron chi connectivity index (χ4n) is 2.11. The Bertz CT molecular complexity index is 582. The van der Waals surface area contributed by atoms with Crippen molar-refractivity contribution >= 4 is 0 Å². The lowest BCUT2D eigenvalue weighted by atomic mass is 10.0. The van der Waals surface area contributed by atoms with Gasteiger partial charge in [-0.1, -0.05) is 30.3 Å². The van der Waals surface area contributed by atoms with E-state index < -0.39 is 0 Å². The predicted octanol–water partition coefficient (Wildman–Crippen LogP) is 3.33. The SMILES string of the molecule is Cc1c(Cc2ccccc2)ccn(C(C)C)c1=O. The number of nitrogens with zero attached hydrogens (tertiary/aromatic N) is 1. The molecular formula is C16H19NO. The second-order valence-corrected chi connectivity index (χ2v) is 4.93. The first-order chi connectivity index (χ1) is 8.59. The molecule has 94 valence electrons. The van der Waals surface area contributed by atoms with Crippen molar-refractivity contribution in [3.63, 3.8) is 0 Å². The molecule has 0 N–H and O–H groups in total. The molecule has 0 aliphatic rings. The van der Waals surface area contributed by atoms with Crippen molar-refractivity contribution in [2.45, 2.75) is 33.2 Å². The average molecular weight is 241 g/mol. The zero-order valence-corrected chi connectivity index (χ0v) is 11.2. The van der Waals surface area contributed by atoms with Crippen molar-refractivity contribution in [1.82, 2.24) is 4.57 Å². The first-order valence-corrected chi connectivity index (χ1v) is 6.34. The monoisotopic (exact) mass is 241 g/mol. The Kier molecular flexibility index (Phi) is 3.66. The van der Waals surface area contributed by atoms with Gasteiger partial charge in [-0.25, -0.2) is 0 Å². The molecule has 0 fully saturated rings. The first kappa shape index (κ1) is 12.6. The van der Waals surface area contributed by atoms with E-state index in [4.69, 9.17) is 0 Å². The lowest BCUT2D eigenvalue weighted by Crippen LogP contribution is -2.24. The fourth-order valence-corrected chi connectivity index (χ4v) is 2.11. The standard InChI is InChI=1S/C16H19NO/c1-12(2)17-10-9-15(13(3)16(17)18)11-14-7-5-4-6-8-14/h4-10,12H,11H2,1-3H3. The molecule has 2 rings (SSSR count). The fraction of sp³-hybridized carbons (Fsp3) is 0.312. The molecule has 0 unspecified atom stereocenters. The molecule has 0 atom stereocenters. The minimum Gasteiger partial charge on any atom is -0.313 e. The van der Waals surface area contributed by atoms with E-state index in [1.165, 1.54) is 5.56 Å². The maximum Gasteiger partial charge on any atom is 0.253 e. The Hall–Kier alpha value is -1.83. The third-order valence-electron chi connectivity index (χ3n) is 3.27. The Balaban J connectivity index is 2.37. The number of pyridine rings is 1. The molecule has 1 heterocycles. The first-order valence-electron chi connectivity index (χ1n) is 6.34. The third-order valence-corrected chi connectivity index (χ3v) is 3.27. The summed E-state index contributed by atoms with van der Waals surface area (Å²) in [4.78, 5) is 12.2. The Morgan fingerprint density at radius 2 is 1.78 bits per heavy atom. The minimum absolute atomic E-state index is 0.124. The van der Waals surface area contributed by atoms with E-state index in [1.54, 1.807) is 4.57 Å². The smallest absolute Gasteiger partial charge is 0.253 e. The molecule has 0 aliphatic heterocycles. The van der Waals surface area contributed by atoms with Crippen LogP contribution in [0, 0.1) is 6.92 Å². The van der Waals surface area contributed by atoms with E-state index in [1.807, 2.05) is 45.2 Å². The van der Waals surface area contributed by atoms with E-state index in [0.29, 0.717) is 0 Å². The summed E-state index contributed by atoms with van der Waals surface area (Å²) in [6.07, 6.45) is 2.72. The van der Waals surface area contributed by atoms with Gasteiger partial charge in [0, 0.05) is 17.8 Å². The van der Waals surface area contributed by atoms with Crippen LogP contribution in [0.4, 0.5) is 0 Å². The molecule has 0 aliphatic carbocycles. The summed E-state index contributed by atoms with van der Waals surface area (Å²) < 4.78 is 1.78. The summed E-state index contributed by atoms with van der Waals surface area (Å²) >= 11 is 0. The highest BCUT2D eigenvalue weighted by Crippen LogP contribution is 2.12. The van der Waals surface area contributed by atoms with Gasteiger partial charge in [0.2, 0.25) is 0 Å². The zero-order chi connectivity index (χ0) is 13.1. The van der Waals surface area contributed by atoms with Crippen LogP contribution in [0.3, 0.4) is 0 Å². The van der Waals surface area contributed by atoms with Crippen molar-refractivity contribution < 1.29 is 0 Å². The number of hydrogen-bond donors (Lipinski definition) is 0. The summed E-state index contributed by atoms with van der Waals surface area (Å²) in [5.74, 6) is 0. The third kappa shape index (κ3) is 2.53. The van der Waals surface area contributed by atoms with E-state index in [0.717, 1.165) is 17.5 Å². The van der Waals surface area contributed by atoms with Crippen molar-refractivity contribution in [3.05, 3.63) is 69.6 Å². The predicted molar refractivity (Wildman–Crippen MR) is 75.1 cm³/mol. The quantitative estimate of drug-likeness (QED) is 0.808. The molecule has 1 aromatic carbocycles. The second kappa shape index (κ2) is 5.21. The van der Waals surface area contributed by atoms with E-state index in [9.17, 15) is 4.79 Å². The van der Waals surface area contributed by atoms with Crippen molar-refractivity contribution in [2.75, 3.05) is 0 Å². The van der Waals surface area contributed by atoms with Gasteiger partial charge in [-0.2, -0.15) is 0 Å². The number of hydrogen-bond acceptors (Lipinski definition) is 1. The van der Waals surface area contributed by atoms with E-state index >= 15 is 0 Å². The van der Waals surface area contributed by atoms with E-state index in [2.05, 4.69) is 18.2 Å². The van der Waals surface area contributed by atoms with Gasteiger partial charge in [-0.3, -0.25) is 4.79 Å². The van der Waals surface area contributed by atoms with Crippen LogP contribution in [0.1, 0.15) is 36.6 Å². The molecular weight excluding hydrogens is 222 g/mol. The van der Waals surface area contributed by atoms with Crippen molar-refractivity contribution in [1.29, 1.82) is 0 Å². The molecule has 0 saturated heterocycles. The zero-order valence-electron chi connectivity index (χ0n) is 11.2. The van der Waals surface area contributed by atoms with E-state index in [-0.39, 0.29) is 11.6 Å². The largest absolute Gasteiger partial charge is 0.313 e. The van der Waals surface area contributed by atoms with Crippen LogP contribution >= 0.6 is 0 Å². The van der Waals surface area contributed by atoms with Gasteiger partial charge >= 0.3 is 0 Å². The van der Waals surface area contributed by atoms with Crippen molar-refractivity contribution in [2.24, 2.45) is 0 Å². The molecule has 0 radical (unpaired) electrons. The molecule has 0 bridgehead atoms. The lowest BCUT2D eigenvalue weighted by Gasteiger charge is -2.13. The van der Waals surface area contributed by atoms with Crippen LogP contribution in [0.15, 0.2) is 47.4 Å². The van der Waals surface area contributed by atoms with Gasteiger partial charge in [0.1, 0.15) is 0 Å². The molecule has 1 aromatic heterocycles. The van der Waals surface area contributed by atoms with Crippen LogP contribution < -0.4 is 5.56 Å². The summed E-state index contributed by atoms with van der Waals surface area (Å²) in [7, 11) is 0. The van der Waals surface area contributed by atoms with Crippen LogP contribution in [-0.4, -0.2) is 4.57 Å². The molecule has 0 amide bonds. The highest BCUT2D eigenvalue weighted by molar-refractivity contribution is 5.30. The lowest BCUT2D eigenvalue weighted by molar-refractivity contribution is 0.574. The molecule has 2 nitrogen and oxygen atoms in total. The number of benzene rings is 1. The van der Waals surface area contributed by atoms with Crippen LogP contribution in [-0.2, 0) is 6.42 Å². The second-order valence-electron chi connectivity index (χ2n) is 4.93. The van der Waals surface area contributed by atoms with Crippen molar-refractivity contribution in [3.8, 4) is 0 Å². The summed E-state index contributed by atoms with van der Waals surface area (Å²) in [6.45, 7) is 5.97. The topological polar surface area (TPSA) is 22.0 Å². The van der Waals surface area contributed by atoms with Crippen LogP contribution in [0.5, 0.6) is 0 Å². The summed E-state index contributed by atoms with van der Waals surface area (Å²) in [6, 6.07) is 12.5. The normalized spacial score (nSPS) is 10.9. The molecule has 0 spiro atoms. The van der Waals surface area contributed by atoms with Gasteiger partial charge < -0.3 is 4.57 Å². The molecule has 2 heteroatoms. The summed E-state index contributed by atoms with van der Waals surface area (Å²) in [5, 5.41) is 0. The van der Waals surface area contributed by atoms with Gasteiger partial charge in [0.05, 0.1) is 0 Å². The highest BCUT2D eigenvalue weighted by Gasteiger charge is 2.08. The molecule has 2 aromatic rings. The van der Waals surface area contributed by atoms with Crippen LogP contribution in [0.25, 0.3) is 0 Å². The molecule has 18 heavy (non-hydrogen) atoms. The maximum absolute atomic E-state index is 12.2. The molecule has 0 saturated carbocycles.